The number of anilines is 2. The third-order valence-electron chi connectivity index (χ3n) is 9.29. The van der Waals surface area contributed by atoms with Gasteiger partial charge >= 0.3 is 6.01 Å². The average Bonchev–Trinajstić information content (AvgIpc) is 3.69. The van der Waals surface area contributed by atoms with Crippen molar-refractivity contribution in [1.29, 1.82) is 0 Å². The summed E-state index contributed by atoms with van der Waals surface area (Å²) in [7, 11) is 0. The summed E-state index contributed by atoms with van der Waals surface area (Å²) < 4.78 is 51.3. The van der Waals surface area contributed by atoms with Crippen molar-refractivity contribution in [2.45, 2.75) is 55.9 Å². The number of ether oxygens (including phenoxy) is 1. The van der Waals surface area contributed by atoms with Crippen molar-refractivity contribution in [3.63, 3.8) is 0 Å². The Balaban J connectivity index is 1.23. The summed E-state index contributed by atoms with van der Waals surface area (Å²) in [5.41, 5.74) is 7.07. The molecule has 0 radical (unpaired) electrons. The molecule has 0 spiro atoms. The van der Waals surface area contributed by atoms with Crippen molar-refractivity contribution in [3.05, 3.63) is 35.9 Å². The highest BCUT2D eigenvalue weighted by atomic mass is 32.1. The fourth-order valence-corrected chi connectivity index (χ4v) is 8.22. The second-order valence-electron chi connectivity index (χ2n) is 11.9. The van der Waals surface area contributed by atoms with Gasteiger partial charge in [0.15, 0.2) is 5.13 Å². The smallest absolute Gasteiger partial charge is 0.319 e. The van der Waals surface area contributed by atoms with Crippen molar-refractivity contribution in [2.75, 3.05) is 43.4 Å². The number of aromatic nitrogens is 3. The number of halogens is 3. The van der Waals surface area contributed by atoms with Crippen LogP contribution in [-0.2, 0) is 0 Å². The summed E-state index contributed by atoms with van der Waals surface area (Å²) >= 11 is 1.03. The Bertz CT molecular complexity index is 1670. The first kappa shape index (κ1) is 25.5. The van der Waals surface area contributed by atoms with Crippen LogP contribution in [0.15, 0.2) is 24.3 Å². The molecule has 2 aromatic heterocycles. The summed E-state index contributed by atoms with van der Waals surface area (Å²) in [6, 6.07) is 6.84. The van der Waals surface area contributed by atoms with Gasteiger partial charge in [0.05, 0.1) is 21.3 Å². The van der Waals surface area contributed by atoms with E-state index in [0.29, 0.717) is 59.5 Å². The summed E-state index contributed by atoms with van der Waals surface area (Å²) in [5.74, 6) is -0.295. The Hall–Kier alpha value is -3.22. The average molecular weight is 582 g/mol. The molecule has 4 saturated heterocycles. The third kappa shape index (κ3) is 4.21. The number of hydrogen-bond donors (Lipinski definition) is 2. The number of alkyl halides is 1. The molecule has 3 N–H and O–H groups in total. The Morgan fingerprint density at radius 3 is 2.71 bits per heavy atom. The van der Waals surface area contributed by atoms with E-state index in [4.69, 9.17) is 20.4 Å². The van der Waals surface area contributed by atoms with Gasteiger partial charge in [0.2, 0.25) is 0 Å². The van der Waals surface area contributed by atoms with Crippen LogP contribution in [0.2, 0.25) is 0 Å². The maximum absolute atomic E-state index is 15.9. The molecule has 4 atom stereocenters. The van der Waals surface area contributed by atoms with E-state index >= 15 is 4.39 Å². The van der Waals surface area contributed by atoms with Gasteiger partial charge in [-0.15, -0.1) is 0 Å². The minimum atomic E-state index is -0.860. The second kappa shape index (κ2) is 9.40. The summed E-state index contributed by atoms with van der Waals surface area (Å²) in [6.07, 6.45) is 3.65. The Kier molecular flexibility index (Phi) is 5.84. The summed E-state index contributed by atoms with van der Waals surface area (Å²) in [4.78, 5) is 18.2. The summed E-state index contributed by atoms with van der Waals surface area (Å²) in [6.45, 7) is 3.11. The number of nitrogens with zero attached hydrogens (tertiary/aromatic N) is 5. The lowest BCUT2D eigenvalue weighted by Gasteiger charge is -2.34. The lowest BCUT2D eigenvalue weighted by Crippen LogP contribution is -2.51. The van der Waals surface area contributed by atoms with Gasteiger partial charge in [0.1, 0.15) is 30.2 Å². The Labute approximate surface area is 238 Å². The summed E-state index contributed by atoms with van der Waals surface area (Å²) in [5, 5.41) is 4.43. The van der Waals surface area contributed by atoms with Gasteiger partial charge in [-0.1, -0.05) is 11.3 Å². The minimum Gasteiger partial charge on any atom is -0.461 e. The number of rotatable bonds is 5. The highest BCUT2D eigenvalue weighted by Gasteiger charge is 2.49. The Morgan fingerprint density at radius 1 is 1.05 bits per heavy atom. The van der Waals surface area contributed by atoms with Crippen LogP contribution in [0.4, 0.5) is 24.1 Å². The molecule has 0 amide bonds. The molecule has 4 fully saturated rings. The van der Waals surface area contributed by atoms with Crippen molar-refractivity contribution in [3.8, 4) is 17.1 Å². The molecule has 4 aromatic rings. The van der Waals surface area contributed by atoms with Gasteiger partial charge in [-0.25, -0.2) is 18.2 Å². The zero-order chi connectivity index (χ0) is 27.9. The maximum Gasteiger partial charge on any atom is 0.319 e. The lowest BCUT2D eigenvalue weighted by atomic mass is 9.95. The highest BCUT2D eigenvalue weighted by molar-refractivity contribution is 7.22. The standard InChI is InChI=1S/C29H30F3N7OS/c30-15-10-29(6-1-7-39(29)11-15)14-40-28-35-23-9-19(18-4-5-21(31)25-24(18)36-27(33)41-25)22(32)8-20(23)26(37-28)38-12-16-2-3-17(13-38)34-16/h4-5,8-9,15-17,34H,1-3,6-7,10-14H2,(H2,33,36)/t15-,16?,17?,29+/m1/s1. The first-order chi connectivity index (χ1) is 19.8. The van der Waals surface area contributed by atoms with Gasteiger partial charge in [-0.05, 0) is 56.5 Å². The molecular formula is C29H30F3N7OS. The fourth-order valence-electron chi connectivity index (χ4n) is 7.45. The third-order valence-corrected chi connectivity index (χ3v) is 10.2. The van der Waals surface area contributed by atoms with Gasteiger partial charge in [0.25, 0.3) is 0 Å². The molecule has 12 heteroatoms. The van der Waals surface area contributed by atoms with Crippen LogP contribution in [0.5, 0.6) is 6.01 Å². The lowest BCUT2D eigenvalue weighted by molar-refractivity contribution is 0.107. The van der Waals surface area contributed by atoms with Gasteiger partial charge in [0, 0.05) is 54.7 Å². The highest BCUT2D eigenvalue weighted by Crippen LogP contribution is 2.42. The number of piperazine rings is 1. The fraction of sp³-hybridized carbons (Fsp3) is 0.483. The van der Waals surface area contributed by atoms with Crippen LogP contribution >= 0.6 is 11.3 Å². The predicted molar refractivity (Wildman–Crippen MR) is 153 cm³/mol. The topological polar surface area (TPSA) is 92.4 Å². The van der Waals surface area contributed by atoms with E-state index in [0.717, 1.165) is 56.7 Å². The van der Waals surface area contributed by atoms with Gasteiger partial charge in [-0.3, -0.25) is 4.90 Å². The van der Waals surface area contributed by atoms with E-state index in [-0.39, 0.29) is 26.9 Å². The van der Waals surface area contributed by atoms with Gasteiger partial charge in [-0.2, -0.15) is 9.97 Å². The van der Waals surface area contributed by atoms with Crippen LogP contribution < -0.4 is 20.7 Å². The molecule has 0 saturated carbocycles. The maximum atomic E-state index is 15.9. The van der Waals surface area contributed by atoms with Crippen LogP contribution in [0.25, 0.3) is 32.2 Å². The van der Waals surface area contributed by atoms with Crippen LogP contribution in [-0.4, -0.2) is 76.4 Å². The van der Waals surface area contributed by atoms with E-state index in [1.54, 1.807) is 6.07 Å². The molecule has 2 bridgehead atoms. The molecule has 4 aliphatic rings. The van der Waals surface area contributed by atoms with E-state index in [1.165, 1.54) is 18.2 Å². The van der Waals surface area contributed by atoms with Crippen molar-refractivity contribution < 1.29 is 17.9 Å². The number of hydrogen-bond acceptors (Lipinski definition) is 9. The van der Waals surface area contributed by atoms with Crippen LogP contribution in [0.1, 0.15) is 32.1 Å². The molecule has 0 aliphatic carbocycles. The van der Waals surface area contributed by atoms with E-state index in [9.17, 15) is 8.78 Å². The molecule has 4 aliphatic heterocycles. The monoisotopic (exact) mass is 581 g/mol. The molecule has 41 heavy (non-hydrogen) atoms. The van der Waals surface area contributed by atoms with E-state index in [1.807, 2.05) is 0 Å². The minimum absolute atomic E-state index is 0.196. The number of benzene rings is 2. The predicted octanol–water partition coefficient (Wildman–Crippen LogP) is 4.66. The van der Waals surface area contributed by atoms with E-state index in [2.05, 4.69) is 20.1 Å². The van der Waals surface area contributed by atoms with Crippen molar-refractivity contribution in [2.24, 2.45) is 0 Å². The van der Waals surface area contributed by atoms with Crippen molar-refractivity contribution >= 4 is 43.4 Å². The SMILES string of the molecule is Nc1nc2c(-c3cc4nc(OC[C@@]56CCCN5C[C@H](F)C6)nc(N5CC6CCC(C5)N6)c4cc3F)ccc(F)c2s1. The Morgan fingerprint density at radius 2 is 1.88 bits per heavy atom. The molecule has 6 heterocycles. The van der Waals surface area contributed by atoms with Crippen LogP contribution in [0.3, 0.4) is 0 Å². The van der Waals surface area contributed by atoms with Gasteiger partial charge < -0.3 is 20.7 Å². The molecule has 2 unspecified atom stereocenters. The zero-order valence-corrected chi connectivity index (χ0v) is 23.2. The molecular weight excluding hydrogens is 551 g/mol. The second-order valence-corrected chi connectivity index (χ2v) is 12.9. The number of nitrogen functional groups attached to an aromatic ring is 1. The molecule has 2 aromatic carbocycles. The van der Waals surface area contributed by atoms with E-state index < -0.39 is 17.8 Å². The largest absolute Gasteiger partial charge is 0.461 e. The normalized spacial score (nSPS) is 27.8. The first-order valence-electron chi connectivity index (χ1n) is 14.2. The van der Waals surface area contributed by atoms with Crippen LogP contribution in [0, 0.1) is 11.6 Å². The molecule has 8 rings (SSSR count). The zero-order valence-electron chi connectivity index (χ0n) is 22.4. The number of nitrogens with two attached hydrogens (primary N) is 1. The molecule has 214 valence electrons. The number of nitrogens with one attached hydrogen (secondary N) is 1. The van der Waals surface area contributed by atoms with Crippen molar-refractivity contribution in [1.82, 2.24) is 25.2 Å². The molecule has 8 nitrogen and oxygen atoms in total. The number of thiazole rings is 1. The quantitative estimate of drug-likeness (QED) is 0.352. The number of fused-ring (bicyclic) bond motifs is 5. The first-order valence-corrected chi connectivity index (χ1v) is 15.1.